The molecule has 0 saturated heterocycles. The second-order valence-electron chi connectivity index (χ2n) is 5.70. The van der Waals surface area contributed by atoms with Gasteiger partial charge >= 0.3 is 0 Å². The van der Waals surface area contributed by atoms with Crippen molar-refractivity contribution in [2.45, 2.75) is 13.0 Å². The Hall–Kier alpha value is -2.89. The fourth-order valence-corrected chi connectivity index (χ4v) is 2.63. The number of ether oxygens (including phenoxy) is 4. The zero-order valence-electron chi connectivity index (χ0n) is 14.5. The van der Waals surface area contributed by atoms with E-state index >= 15 is 0 Å². The van der Waals surface area contributed by atoms with E-state index in [1.165, 1.54) is 0 Å². The van der Waals surface area contributed by atoms with Gasteiger partial charge in [0.2, 0.25) is 0 Å². The number of hydrogen-bond acceptors (Lipinski definition) is 5. The number of rotatable bonds is 5. The second kappa shape index (κ2) is 7.34. The van der Waals surface area contributed by atoms with Gasteiger partial charge in [0, 0.05) is 11.6 Å². The molecule has 0 saturated carbocycles. The van der Waals surface area contributed by atoms with Crippen LogP contribution in [0.4, 0.5) is 0 Å². The number of nitrogens with one attached hydrogen (secondary N) is 1. The van der Waals surface area contributed by atoms with Crippen molar-refractivity contribution < 1.29 is 23.7 Å². The lowest BCUT2D eigenvalue weighted by Gasteiger charge is -2.21. The lowest BCUT2D eigenvalue weighted by molar-refractivity contribution is 0.0939. The molecule has 2 aromatic rings. The first-order valence-electron chi connectivity index (χ1n) is 8.04. The van der Waals surface area contributed by atoms with Crippen LogP contribution >= 0.6 is 0 Å². The minimum Gasteiger partial charge on any atom is -0.497 e. The predicted molar refractivity (Wildman–Crippen MR) is 92.9 cm³/mol. The molecule has 25 heavy (non-hydrogen) atoms. The predicted octanol–water partition coefficient (Wildman–Crippen LogP) is 2.97. The number of hydrogen-bond donors (Lipinski definition) is 1. The summed E-state index contributed by atoms with van der Waals surface area (Å²) in [6.45, 7) is 3.00. The van der Waals surface area contributed by atoms with Crippen molar-refractivity contribution in [1.29, 1.82) is 0 Å². The summed E-state index contributed by atoms with van der Waals surface area (Å²) in [6.07, 6.45) is 0. The van der Waals surface area contributed by atoms with Crippen molar-refractivity contribution in [3.8, 4) is 23.0 Å². The van der Waals surface area contributed by atoms with Gasteiger partial charge in [-0.3, -0.25) is 4.79 Å². The molecule has 132 valence electrons. The van der Waals surface area contributed by atoms with Gasteiger partial charge in [-0.2, -0.15) is 0 Å². The minimum atomic E-state index is -0.209. The molecule has 0 aromatic heterocycles. The topological polar surface area (TPSA) is 66.0 Å². The minimum absolute atomic E-state index is 0.194. The molecule has 1 aliphatic heterocycles. The van der Waals surface area contributed by atoms with Crippen molar-refractivity contribution in [2.75, 3.05) is 27.4 Å². The van der Waals surface area contributed by atoms with E-state index in [1.54, 1.807) is 32.4 Å². The van der Waals surface area contributed by atoms with Crippen molar-refractivity contribution >= 4 is 5.91 Å². The highest BCUT2D eigenvalue weighted by molar-refractivity contribution is 5.95. The Bertz CT molecular complexity index is 752. The largest absolute Gasteiger partial charge is 0.497 e. The summed E-state index contributed by atoms with van der Waals surface area (Å²) in [5.41, 5.74) is 1.41. The molecule has 1 heterocycles. The summed E-state index contributed by atoms with van der Waals surface area (Å²) in [7, 11) is 3.10. The van der Waals surface area contributed by atoms with Crippen LogP contribution in [0.2, 0.25) is 0 Å². The first-order valence-corrected chi connectivity index (χ1v) is 8.04. The van der Waals surface area contributed by atoms with E-state index in [1.807, 2.05) is 25.1 Å². The molecule has 0 aliphatic carbocycles. The van der Waals surface area contributed by atoms with Crippen LogP contribution in [-0.2, 0) is 0 Å². The molecule has 1 N–H and O–H groups in total. The molecule has 6 heteroatoms. The molecule has 1 atom stereocenters. The molecule has 1 aliphatic rings. The third kappa shape index (κ3) is 3.79. The van der Waals surface area contributed by atoms with Crippen LogP contribution < -0.4 is 24.3 Å². The highest BCUT2D eigenvalue weighted by Crippen LogP contribution is 2.32. The van der Waals surface area contributed by atoms with E-state index in [-0.39, 0.29) is 11.9 Å². The van der Waals surface area contributed by atoms with E-state index in [0.717, 1.165) is 11.3 Å². The Morgan fingerprint density at radius 3 is 2.28 bits per heavy atom. The number of fused-ring (bicyclic) bond motifs is 1. The van der Waals surface area contributed by atoms with Crippen LogP contribution in [-0.4, -0.2) is 33.3 Å². The molecular formula is C19H21NO5. The highest BCUT2D eigenvalue weighted by atomic mass is 16.6. The number of amides is 1. The third-order valence-electron chi connectivity index (χ3n) is 4.03. The summed E-state index contributed by atoms with van der Waals surface area (Å²) in [5, 5.41) is 2.98. The number of benzene rings is 2. The summed E-state index contributed by atoms with van der Waals surface area (Å²) in [5.74, 6) is 2.35. The molecule has 2 aromatic carbocycles. The molecule has 0 radical (unpaired) electrons. The van der Waals surface area contributed by atoms with Gasteiger partial charge in [-0.15, -0.1) is 0 Å². The number of carbonyl (C=O) groups excluding carboxylic acids is 1. The van der Waals surface area contributed by atoms with Gasteiger partial charge in [-0.25, -0.2) is 0 Å². The van der Waals surface area contributed by atoms with E-state index in [2.05, 4.69) is 5.32 Å². The normalized spacial score (nSPS) is 13.7. The molecule has 0 spiro atoms. The lowest BCUT2D eigenvalue weighted by atomic mass is 10.1. The molecule has 0 unspecified atom stereocenters. The van der Waals surface area contributed by atoms with Gasteiger partial charge < -0.3 is 24.3 Å². The molecule has 1 amide bonds. The Kier molecular flexibility index (Phi) is 4.97. The van der Waals surface area contributed by atoms with Crippen LogP contribution in [0.3, 0.4) is 0 Å². The van der Waals surface area contributed by atoms with Gasteiger partial charge in [0.25, 0.3) is 5.91 Å². The SMILES string of the molecule is COc1cc(OC)cc(C(=O)N[C@H](C)c2ccc3c(c2)OCCO3)c1. The number of methoxy groups -OCH3 is 2. The molecule has 0 fully saturated rings. The van der Waals surface area contributed by atoms with Gasteiger partial charge in [-0.05, 0) is 36.8 Å². The zero-order valence-corrected chi connectivity index (χ0v) is 14.5. The quantitative estimate of drug-likeness (QED) is 0.904. The van der Waals surface area contributed by atoms with Crippen molar-refractivity contribution in [2.24, 2.45) is 0 Å². The zero-order chi connectivity index (χ0) is 17.8. The van der Waals surface area contributed by atoms with Crippen LogP contribution in [0.5, 0.6) is 23.0 Å². The second-order valence-corrected chi connectivity index (χ2v) is 5.70. The summed E-state index contributed by atoms with van der Waals surface area (Å²) < 4.78 is 21.5. The Morgan fingerprint density at radius 2 is 1.64 bits per heavy atom. The fraction of sp³-hybridized carbons (Fsp3) is 0.316. The average molecular weight is 343 g/mol. The Labute approximate surface area is 146 Å². The van der Waals surface area contributed by atoms with Gasteiger partial charge in [0.1, 0.15) is 24.7 Å². The van der Waals surface area contributed by atoms with E-state index in [9.17, 15) is 4.79 Å². The van der Waals surface area contributed by atoms with E-state index in [4.69, 9.17) is 18.9 Å². The highest BCUT2D eigenvalue weighted by Gasteiger charge is 2.17. The maximum atomic E-state index is 12.6. The number of carbonyl (C=O) groups is 1. The van der Waals surface area contributed by atoms with Gasteiger partial charge in [-0.1, -0.05) is 6.07 Å². The summed E-state index contributed by atoms with van der Waals surface area (Å²) in [6, 6.07) is 10.6. The summed E-state index contributed by atoms with van der Waals surface area (Å²) >= 11 is 0. The summed E-state index contributed by atoms with van der Waals surface area (Å²) in [4.78, 5) is 12.6. The third-order valence-corrected chi connectivity index (χ3v) is 4.03. The monoisotopic (exact) mass is 343 g/mol. The van der Waals surface area contributed by atoms with Crippen LogP contribution in [0.1, 0.15) is 28.9 Å². The van der Waals surface area contributed by atoms with Crippen molar-refractivity contribution in [3.63, 3.8) is 0 Å². The fourth-order valence-electron chi connectivity index (χ4n) is 2.63. The van der Waals surface area contributed by atoms with Gasteiger partial charge in [0.05, 0.1) is 20.3 Å². The smallest absolute Gasteiger partial charge is 0.252 e. The molecule has 0 bridgehead atoms. The molecule has 6 nitrogen and oxygen atoms in total. The molecule has 3 rings (SSSR count). The first-order chi connectivity index (χ1) is 12.1. The maximum Gasteiger partial charge on any atom is 0.252 e. The van der Waals surface area contributed by atoms with Crippen LogP contribution in [0.25, 0.3) is 0 Å². The van der Waals surface area contributed by atoms with Crippen molar-refractivity contribution in [1.82, 2.24) is 5.32 Å². The standard InChI is InChI=1S/C19H21NO5/c1-12(13-4-5-17-18(10-13)25-7-6-24-17)20-19(21)14-8-15(22-2)11-16(9-14)23-3/h4-5,8-12H,6-7H2,1-3H3,(H,20,21)/t12-/m1/s1. The van der Waals surface area contributed by atoms with Crippen LogP contribution in [0, 0.1) is 0 Å². The first kappa shape index (κ1) is 17.0. The maximum absolute atomic E-state index is 12.6. The van der Waals surface area contributed by atoms with Gasteiger partial charge in [0.15, 0.2) is 11.5 Å². The lowest BCUT2D eigenvalue weighted by Crippen LogP contribution is -2.27. The van der Waals surface area contributed by atoms with E-state index < -0.39 is 0 Å². The molecular weight excluding hydrogens is 322 g/mol. The Balaban J connectivity index is 1.76. The Morgan fingerprint density at radius 1 is 1.00 bits per heavy atom. The van der Waals surface area contributed by atoms with Crippen molar-refractivity contribution in [3.05, 3.63) is 47.5 Å². The van der Waals surface area contributed by atoms with E-state index in [0.29, 0.717) is 36.0 Å². The van der Waals surface area contributed by atoms with Crippen LogP contribution in [0.15, 0.2) is 36.4 Å². The average Bonchev–Trinajstić information content (AvgIpc) is 2.66.